The number of sulfone groups is 1. The molecule has 0 radical (unpaired) electrons. The number of likely N-dealkylation sites (tertiary alicyclic amines) is 1. The molecular weight excluding hydrogens is 375 g/mol. The second-order valence-corrected chi connectivity index (χ2v) is 8.23. The summed E-state index contributed by atoms with van der Waals surface area (Å²) in [4.78, 5) is 13.8. The zero-order valence-corrected chi connectivity index (χ0v) is 15.6. The van der Waals surface area contributed by atoms with E-state index >= 15 is 0 Å². The van der Waals surface area contributed by atoms with Crippen LogP contribution in [-0.4, -0.2) is 51.9 Å². The molecule has 1 aliphatic rings. The number of halogens is 1. The number of benzene rings is 2. The van der Waals surface area contributed by atoms with Crippen LogP contribution in [0.5, 0.6) is 11.5 Å². The monoisotopic (exact) mass is 394 g/mol. The van der Waals surface area contributed by atoms with Crippen molar-refractivity contribution in [2.24, 2.45) is 0 Å². The van der Waals surface area contributed by atoms with Crippen LogP contribution in [0.4, 0.5) is 14.9 Å². The predicted molar refractivity (Wildman–Crippen MR) is 97.5 cm³/mol. The second kappa shape index (κ2) is 7.43. The van der Waals surface area contributed by atoms with Crippen molar-refractivity contribution in [3.05, 3.63) is 48.3 Å². The van der Waals surface area contributed by atoms with Crippen LogP contribution in [0.1, 0.15) is 0 Å². The minimum Gasteiger partial charge on any atom is -0.493 e. The molecule has 7 nitrogen and oxygen atoms in total. The summed E-state index contributed by atoms with van der Waals surface area (Å²) in [5.41, 5.74) is 0.423. The average molecular weight is 394 g/mol. The van der Waals surface area contributed by atoms with Gasteiger partial charge in [-0.15, -0.1) is 0 Å². The van der Waals surface area contributed by atoms with Crippen LogP contribution in [0.2, 0.25) is 0 Å². The molecule has 2 aromatic rings. The summed E-state index contributed by atoms with van der Waals surface area (Å²) in [6, 6.07) is 9.29. The van der Waals surface area contributed by atoms with Crippen molar-refractivity contribution in [1.29, 1.82) is 0 Å². The molecule has 1 fully saturated rings. The first-order chi connectivity index (χ1) is 12.9. The summed E-state index contributed by atoms with van der Waals surface area (Å²) >= 11 is 0. The van der Waals surface area contributed by atoms with Crippen LogP contribution in [0, 0.1) is 5.82 Å². The fourth-order valence-corrected chi connectivity index (χ4v) is 4.45. The molecule has 1 aliphatic heterocycles. The van der Waals surface area contributed by atoms with Gasteiger partial charge in [-0.3, -0.25) is 0 Å². The van der Waals surface area contributed by atoms with E-state index in [0.29, 0.717) is 17.2 Å². The van der Waals surface area contributed by atoms with Crippen molar-refractivity contribution in [3.8, 4) is 11.5 Å². The molecule has 0 atom stereocenters. The molecular formula is C18H19FN2O5S. The van der Waals surface area contributed by atoms with Crippen LogP contribution >= 0.6 is 0 Å². The summed E-state index contributed by atoms with van der Waals surface area (Å²) < 4.78 is 48.5. The summed E-state index contributed by atoms with van der Waals surface area (Å²) in [7, 11) is -0.664. The number of rotatable bonds is 5. The van der Waals surface area contributed by atoms with Crippen LogP contribution in [0.3, 0.4) is 0 Å². The smallest absolute Gasteiger partial charge is 0.322 e. The molecule has 2 amide bonds. The molecule has 3 rings (SSSR count). The number of methoxy groups -OCH3 is 2. The third kappa shape index (κ3) is 3.68. The fourth-order valence-electron chi connectivity index (χ4n) is 2.80. The quantitative estimate of drug-likeness (QED) is 0.788. The van der Waals surface area contributed by atoms with Gasteiger partial charge in [0.2, 0.25) is 0 Å². The second-order valence-electron chi connectivity index (χ2n) is 6.00. The van der Waals surface area contributed by atoms with Crippen molar-refractivity contribution in [2.75, 3.05) is 32.6 Å². The largest absolute Gasteiger partial charge is 0.493 e. The van der Waals surface area contributed by atoms with Gasteiger partial charge in [-0.2, -0.15) is 0 Å². The highest BCUT2D eigenvalue weighted by atomic mass is 32.2. The van der Waals surface area contributed by atoms with Gasteiger partial charge < -0.3 is 19.7 Å². The zero-order chi connectivity index (χ0) is 19.6. The molecule has 27 heavy (non-hydrogen) atoms. The maximum atomic E-state index is 13.0. The number of urea groups is 1. The number of anilines is 1. The number of amides is 2. The van der Waals surface area contributed by atoms with Gasteiger partial charge in [-0.05, 0) is 36.4 Å². The Hall–Kier alpha value is -2.81. The third-order valence-electron chi connectivity index (χ3n) is 4.36. The normalized spacial score (nSPS) is 14.4. The van der Waals surface area contributed by atoms with Gasteiger partial charge in [0.05, 0.1) is 24.8 Å². The minimum atomic E-state index is -3.61. The van der Waals surface area contributed by atoms with E-state index in [2.05, 4.69) is 5.32 Å². The molecule has 0 saturated carbocycles. The van der Waals surface area contributed by atoms with Gasteiger partial charge in [-0.1, -0.05) is 6.07 Å². The number of nitrogens with one attached hydrogen (secondary N) is 1. The summed E-state index contributed by atoms with van der Waals surface area (Å²) in [6.07, 6.45) is 0. The van der Waals surface area contributed by atoms with Gasteiger partial charge in [-0.25, -0.2) is 17.6 Å². The lowest BCUT2D eigenvalue weighted by Crippen LogP contribution is -2.58. The van der Waals surface area contributed by atoms with E-state index in [9.17, 15) is 17.6 Å². The van der Waals surface area contributed by atoms with Crippen molar-refractivity contribution in [2.45, 2.75) is 10.1 Å². The van der Waals surface area contributed by atoms with Crippen molar-refractivity contribution < 1.29 is 27.1 Å². The van der Waals surface area contributed by atoms with Crippen molar-refractivity contribution in [3.63, 3.8) is 0 Å². The van der Waals surface area contributed by atoms with Crippen LogP contribution < -0.4 is 14.8 Å². The van der Waals surface area contributed by atoms with Gasteiger partial charge in [0.1, 0.15) is 11.1 Å². The van der Waals surface area contributed by atoms with E-state index in [-0.39, 0.29) is 18.0 Å². The predicted octanol–water partition coefficient (Wildman–Crippen LogP) is 2.53. The maximum Gasteiger partial charge on any atom is 0.322 e. The minimum absolute atomic E-state index is 0.0448. The van der Waals surface area contributed by atoms with Crippen LogP contribution in [-0.2, 0) is 9.84 Å². The number of carbonyl (C=O) groups is 1. The van der Waals surface area contributed by atoms with Crippen molar-refractivity contribution in [1.82, 2.24) is 4.90 Å². The molecule has 2 aromatic carbocycles. The lowest BCUT2D eigenvalue weighted by atomic mass is 10.2. The Balaban J connectivity index is 1.66. The topological polar surface area (TPSA) is 84.9 Å². The highest BCUT2D eigenvalue weighted by molar-refractivity contribution is 7.92. The Kier molecular flexibility index (Phi) is 5.22. The molecule has 0 unspecified atom stereocenters. The average Bonchev–Trinajstić information content (AvgIpc) is 2.60. The molecule has 144 valence electrons. The Morgan fingerprint density at radius 3 is 2.37 bits per heavy atom. The Labute approximate surface area is 156 Å². The van der Waals surface area contributed by atoms with E-state index in [0.717, 1.165) is 12.1 Å². The van der Waals surface area contributed by atoms with E-state index < -0.39 is 26.9 Å². The van der Waals surface area contributed by atoms with Gasteiger partial charge >= 0.3 is 6.03 Å². The summed E-state index contributed by atoms with van der Waals surface area (Å²) in [6.45, 7) is 0.107. The standard InChI is InChI=1S/C18H19FN2O5S/c1-25-16-5-3-4-15(17(16)26-2)20-18(22)21-10-14(11-21)27(23,24)13-8-6-12(19)7-9-13/h3-9,14H,10-11H2,1-2H3,(H,20,22). The number of hydrogen-bond donors (Lipinski definition) is 1. The van der Waals surface area contributed by atoms with Gasteiger partial charge in [0, 0.05) is 13.1 Å². The Morgan fingerprint density at radius 1 is 1.11 bits per heavy atom. The lowest BCUT2D eigenvalue weighted by Gasteiger charge is -2.38. The lowest BCUT2D eigenvalue weighted by molar-refractivity contribution is 0.182. The Morgan fingerprint density at radius 2 is 1.78 bits per heavy atom. The maximum absolute atomic E-state index is 13.0. The zero-order valence-electron chi connectivity index (χ0n) is 14.8. The summed E-state index contributed by atoms with van der Waals surface area (Å²) in [5, 5.41) is 1.97. The molecule has 1 heterocycles. The SMILES string of the molecule is COc1cccc(NC(=O)N2CC(S(=O)(=O)c3ccc(F)cc3)C2)c1OC. The van der Waals surface area contributed by atoms with E-state index in [4.69, 9.17) is 9.47 Å². The number of ether oxygens (including phenoxy) is 2. The van der Waals surface area contributed by atoms with E-state index in [1.807, 2.05) is 0 Å². The van der Waals surface area contributed by atoms with Gasteiger partial charge in [0.25, 0.3) is 0 Å². The molecule has 9 heteroatoms. The number of para-hydroxylation sites is 1. The van der Waals surface area contributed by atoms with E-state index in [1.54, 1.807) is 18.2 Å². The molecule has 1 saturated heterocycles. The highest BCUT2D eigenvalue weighted by Crippen LogP contribution is 2.35. The molecule has 0 bridgehead atoms. The molecule has 0 spiro atoms. The first-order valence-corrected chi connectivity index (χ1v) is 9.68. The Bertz CT molecular complexity index is 941. The first kappa shape index (κ1) is 19.0. The van der Waals surface area contributed by atoms with Crippen LogP contribution in [0.15, 0.2) is 47.4 Å². The number of hydrogen-bond acceptors (Lipinski definition) is 5. The molecule has 1 N–H and O–H groups in total. The van der Waals surface area contributed by atoms with Crippen LogP contribution in [0.25, 0.3) is 0 Å². The number of nitrogens with zero attached hydrogens (tertiary/aromatic N) is 1. The third-order valence-corrected chi connectivity index (χ3v) is 6.47. The molecule has 0 aliphatic carbocycles. The first-order valence-electron chi connectivity index (χ1n) is 8.13. The van der Waals surface area contributed by atoms with E-state index in [1.165, 1.54) is 31.3 Å². The van der Waals surface area contributed by atoms with Crippen molar-refractivity contribution >= 4 is 21.6 Å². The number of carbonyl (C=O) groups excluding carboxylic acids is 1. The fraction of sp³-hybridized carbons (Fsp3) is 0.278. The highest BCUT2D eigenvalue weighted by Gasteiger charge is 2.40. The molecule has 0 aromatic heterocycles. The van der Waals surface area contributed by atoms with Gasteiger partial charge in [0.15, 0.2) is 21.3 Å². The summed E-state index contributed by atoms with van der Waals surface area (Å²) in [5.74, 6) is 0.343.